The number of nitrogens with two attached hydrogens (primary N) is 3. The number of ether oxygens (including phenoxy) is 1. The fraction of sp³-hybridized carbons (Fsp3) is 0.286. The van der Waals surface area contributed by atoms with Crippen LogP contribution in [0, 0.1) is 6.92 Å². The van der Waals surface area contributed by atoms with Gasteiger partial charge in [-0.15, -0.1) is 11.3 Å². The van der Waals surface area contributed by atoms with Gasteiger partial charge in [-0.25, -0.2) is 0 Å². The number of para-hydroxylation sites is 1. The van der Waals surface area contributed by atoms with E-state index in [1.54, 1.807) is 35.2 Å². The van der Waals surface area contributed by atoms with Crippen LogP contribution < -0.4 is 27.3 Å². The van der Waals surface area contributed by atoms with E-state index in [9.17, 15) is 14.4 Å². The zero-order valence-corrected chi connectivity index (χ0v) is 26.4. The molecule has 2 amide bonds. The normalized spacial score (nSPS) is 21.0. The van der Waals surface area contributed by atoms with Crippen molar-refractivity contribution in [3.05, 3.63) is 99.4 Å². The number of allylic oxidation sites excluding steroid dienone is 1. The fourth-order valence-electron chi connectivity index (χ4n) is 6.48. The number of thiophene rings is 1. The van der Waals surface area contributed by atoms with Crippen molar-refractivity contribution in [1.29, 1.82) is 0 Å². The first-order valence-corrected chi connectivity index (χ1v) is 15.8. The van der Waals surface area contributed by atoms with Gasteiger partial charge < -0.3 is 32.2 Å². The maximum Gasteiger partial charge on any atom is 0.262 e. The zero-order valence-electron chi connectivity index (χ0n) is 25.6. The molecule has 10 heteroatoms. The SMILES string of the molecule is CC(C)=CC(=O)N1CCCC(NC(=O)c2sc3c(N)ccc4c3c2C(N)C(=O)C4(N)c2ccc(Oc3ccccc3)cc2C)C1. The molecule has 1 saturated heterocycles. The summed E-state index contributed by atoms with van der Waals surface area (Å²) >= 11 is 1.22. The van der Waals surface area contributed by atoms with Crippen LogP contribution in [0.5, 0.6) is 11.5 Å². The van der Waals surface area contributed by atoms with Crippen LogP contribution in [0.25, 0.3) is 10.1 Å². The number of ketones is 1. The molecule has 45 heavy (non-hydrogen) atoms. The Morgan fingerprint density at radius 2 is 1.80 bits per heavy atom. The van der Waals surface area contributed by atoms with Gasteiger partial charge in [-0.2, -0.15) is 0 Å². The molecule has 1 fully saturated rings. The number of nitrogens with zero attached hydrogens (tertiary/aromatic N) is 1. The highest BCUT2D eigenvalue weighted by Gasteiger charge is 2.49. The number of anilines is 1. The molecule has 6 rings (SSSR count). The Morgan fingerprint density at radius 1 is 1.07 bits per heavy atom. The minimum atomic E-state index is -1.57. The number of amides is 2. The summed E-state index contributed by atoms with van der Waals surface area (Å²) < 4.78 is 6.67. The number of carbonyl (C=O) groups is 3. The lowest BCUT2D eigenvalue weighted by atomic mass is 9.69. The largest absolute Gasteiger partial charge is 0.457 e. The van der Waals surface area contributed by atoms with Gasteiger partial charge in [-0.3, -0.25) is 14.4 Å². The third-order valence-electron chi connectivity index (χ3n) is 8.60. The molecule has 2 aliphatic rings. The van der Waals surface area contributed by atoms with Crippen LogP contribution in [0.3, 0.4) is 0 Å². The molecule has 4 aromatic rings. The van der Waals surface area contributed by atoms with Gasteiger partial charge in [0.15, 0.2) is 5.78 Å². The number of nitrogens with one attached hydrogen (secondary N) is 1. The Hall–Kier alpha value is -4.51. The first-order chi connectivity index (χ1) is 21.5. The second-order valence-corrected chi connectivity index (χ2v) is 13.1. The second-order valence-electron chi connectivity index (χ2n) is 12.1. The molecular weight excluding hydrogens is 586 g/mol. The summed E-state index contributed by atoms with van der Waals surface area (Å²) in [5.74, 6) is 0.483. The predicted molar refractivity (Wildman–Crippen MR) is 177 cm³/mol. The molecule has 3 unspecified atom stereocenters. The first-order valence-electron chi connectivity index (χ1n) is 15.0. The van der Waals surface area contributed by atoms with Gasteiger partial charge in [0.25, 0.3) is 5.91 Å². The smallest absolute Gasteiger partial charge is 0.262 e. The highest BCUT2D eigenvalue weighted by atomic mass is 32.1. The monoisotopic (exact) mass is 623 g/mol. The number of carbonyl (C=O) groups excluding carboxylic acids is 3. The van der Waals surface area contributed by atoms with Crippen LogP contribution in [0.1, 0.15) is 64.7 Å². The Labute approximate surface area is 266 Å². The third kappa shape index (κ3) is 5.39. The minimum absolute atomic E-state index is 0.0646. The van der Waals surface area contributed by atoms with Crippen molar-refractivity contribution in [2.45, 2.75) is 51.2 Å². The molecule has 9 nitrogen and oxygen atoms in total. The molecule has 1 aromatic heterocycles. The van der Waals surface area contributed by atoms with E-state index in [1.807, 2.05) is 57.2 Å². The average molecular weight is 624 g/mol. The highest BCUT2D eigenvalue weighted by molar-refractivity contribution is 7.21. The molecule has 0 radical (unpaired) electrons. The van der Waals surface area contributed by atoms with Gasteiger partial charge in [0.2, 0.25) is 5.91 Å². The number of piperidine rings is 1. The molecule has 3 aromatic carbocycles. The standard InChI is InChI=1S/C35H37N5O4S/c1-19(2)16-27(41)40-15-7-8-21(18-40)39-34(43)32-29-28-25(13-14-26(36)31(28)45-32)35(38,33(42)30(29)37)24-12-11-23(17-20(24)3)44-22-9-5-4-6-10-22/h4-6,9-14,16-17,21,30H,7-8,15,18,36-38H2,1-3H3,(H,39,43). The van der Waals surface area contributed by atoms with Crippen molar-refractivity contribution in [2.24, 2.45) is 11.5 Å². The molecule has 0 bridgehead atoms. The van der Waals surface area contributed by atoms with Crippen LogP contribution in [0.4, 0.5) is 5.69 Å². The van der Waals surface area contributed by atoms with E-state index in [2.05, 4.69) is 5.32 Å². The van der Waals surface area contributed by atoms with Gasteiger partial charge >= 0.3 is 0 Å². The fourth-order valence-corrected chi connectivity index (χ4v) is 7.68. The van der Waals surface area contributed by atoms with Crippen molar-refractivity contribution in [3.63, 3.8) is 0 Å². The van der Waals surface area contributed by atoms with Crippen molar-refractivity contribution in [1.82, 2.24) is 10.2 Å². The number of hydrogen-bond acceptors (Lipinski definition) is 8. The molecule has 1 aliphatic carbocycles. The Bertz CT molecular complexity index is 1860. The van der Waals surface area contributed by atoms with Crippen LogP contribution in [0.15, 0.2) is 72.3 Å². The maximum atomic E-state index is 14.2. The first kappa shape index (κ1) is 30.5. The van der Waals surface area contributed by atoms with Crippen molar-refractivity contribution >= 4 is 44.7 Å². The van der Waals surface area contributed by atoms with Crippen LogP contribution in [-0.2, 0) is 15.1 Å². The van der Waals surface area contributed by atoms with Gasteiger partial charge in [0.05, 0.1) is 15.6 Å². The average Bonchev–Trinajstić information content (AvgIpc) is 3.42. The van der Waals surface area contributed by atoms with E-state index in [0.717, 1.165) is 24.0 Å². The summed E-state index contributed by atoms with van der Waals surface area (Å²) in [4.78, 5) is 42.8. The summed E-state index contributed by atoms with van der Waals surface area (Å²) in [6, 6.07) is 17.0. The lowest BCUT2D eigenvalue weighted by Gasteiger charge is -2.37. The Kier molecular flexibility index (Phi) is 7.98. The molecular formula is C35H37N5O4S. The number of hydrogen-bond donors (Lipinski definition) is 4. The minimum Gasteiger partial charge on any atom is -0.457 e. The topological polar surface area (TPSA) is 154 Å². The lowest BCUT2D eigenvalue weighted by molar-refractivity contribution is -0.127. The third-order valence-corrected chi connectivity index (χ3v) is 9.85. The van der Waals surface area contributed by atoms with E-state index in [1.165, 1.54) is 11.3 Å². The quantitative estimate of drug-likeness (QED) is 0.173. The summed E-state index contributed by atoms with van der Waals surface area (Å²) in [5, 5.41) is 3.75. The van der Waals surface area contributed by atoms with Gasteiger partial charge in [-0.1, -0.05) is 35.9 Å². The Morgan fingerprint density at radius 3 is 2.51 bits per heavy atom. The second kappa shape index (κ2) is 11.8. The molecule has 2 heterocycles. The van der Waals surface area contributed by atoms with E-state index >= 15 is 0 Å². The Balaban J connectivity index is 1.36. The molecule has 232 valence electrons. The number of benzene rings is 3. The van der Waals surface area contributed by atoms with E-state index < -0.39 is 17.4 Å². The lowest BCUT2D eigenvalue weighted by Crippen LogP contribution is -2.53. The molecule has 1 aliphatic heterocycles. The maximum absolute atomic E-state index is 14.2. The van der Waals surface area contributed by atoms with E-state index in [0.29, 0.717) is 61.9 Å². The van der Waals surface area contributed by atoms with Crippen molar-refractivity contribution in [2.75, 3.05) is 18.8 Å². The summed E-state index contributed by atoms with van der Waals surface area (Å²) in [6.45, 7) is 6.69. The number of likely N-dealkylation sites (tertiary alicyclic amines) is 1. The van der Waals surface area contributed by atoms with Gasteiger partial charge in [0.1, 0.15) is 17.0 Å². The number of aryl methyl sites for hydroxylation is 1. The molecule has 0 saturated carbocycles. The van der Waals surface area contributed by atoms with Gasteiger partial charge in [-0.05, 0) is 80.6 Å². The van der Waals surface area contributed by atoms with Crippen LogP contribution >= 0.6 is 11.3 Å². The highest BCUT2D eigenvalue weighted by Crippen LogP contribution is 2.50. The zero-order chi connectivity index (χ0) is 32.0. The van der Waals surface area contributed by atoms with Gasteiger partial charge in [0, 0.05) is 41.8 Å². The number of rotatable bonds is 6. The van der Waals surface area contributed by atoms with Crippen molar-refractivity contribution in [3.8, 4) is 11.5 Å². The predicted octanol–water partition coefficient (Wildman–Crippen LogP) is 5.06. The summed E-state index contributed by atoms with van der Waals surface area (Å²) in [6.07, 6.45) is 3.11. The molecule has 3 atom stereocenters. The number of nitrogen functional groups attached to an aromatic ring is 1. The summed E-state index contributed by atoms with van der Waals surface area (Å²) in [5.41, 5.74) is 22.4. The van der Waals surface area contributed by atoms with Crippen LogP contribution in [0.2, 0.25) is 0 Å². The summed E-state index contributed by atoms with van der Waals surface area (Å²) in [7, 11) is 0. The number of Topliss-reactive ketones (excluding diaryl/α,β-unsaturated/α-hetero) is 1. The molecule has 7 N–H and O–H groups in total. The van der Waals surface area contributed by atoms with Crippen molar-refractivity contribution < 1.29 is 19.1 Å². The van der Waals surface area contributed by atoms with Crippen LogP contribution in [-0.4, -0.2) is 41.6 Å². The molecule has 0 spiro atoms. The van der Waals surface area contributed by atoms with E-state index in [-0.39, 0.29) is 17.9 Å². The van der Waals surface area contributed by atoms with E-state index in [4.69, 9.17) is 21.9 Å².